The number of nitrogens with one attached hydrogen (secondary N) is 1. The monoisotopic (exact) mass is 404 g/mol. The number of carbonyl (C=O) groups excluding carboxylic acids is 3. The number of hydrogen-bond donors (Lipinski definition) is 1. The first kappa shape index (κ1) is 21.5. The predicted octanol–water partition coefficient (Wildman–Crippen LogP) is 4.26. The fraction of sp³-hybridized carbons (Fsp3) is 0.320. The van der Waals surface area contributed by atoms with Crippen molar-refractivity contribution in [3.8, 4) is 0 Å². The average Bonchev–Trinajstić information content (AvgIpc) is 2.75. The van der Waals surface area contributed by atoms with Gasteiger partial charge in [0.2, 0.25) is 5.91 Å². The van der Waals surface area contributed by atoms with Crippen molar-refractivity contribution in [3.63, 3.8) is 0 Å². The molecule has 2 aromatic rings. The first-order valence-corrected chi connectivity index (χ1v) is 10.4. The Kier molecular flexibility index (Phi) is 7.17. The SMILES string of the molecule is CC(=O)c1ccc(NC(=O)/C(C)=C\C(=O)N2CCC(Cc3ccccc3)CC2)cc1. The molecule has 0 saturated carbocycles. The summed E-state index contributed by atoms with van der Waals surface area (Å²) < 4.78 is 0. The Hall–Kier alpha value is -3.21. The van der Waals surface area contributed by atoms with Gasteiger partial charge in [0.1, 0.15) is 0 Å². The van der Waals surface area contributed by atoms with Gasteiger partial charge in [-0.3, -0.25) is 14.4 Å². The molecule has 2 amide bonds. The zero-order valence-electron chi connectivity index (χ0n) is 17.6. The molecule has 1 fully saturated rings. The number of carbonyl (C=O) groups is 3. The zero-order valence-corrected chi connectivity index (χ0v) is 17.6. The van der Waals surface area contributed by atoms with Crippen molar-refractivity contribution < 1.29 is 14.4 Å². The van der Waals surface area contributed by atoms with Crippen molar-refractivity contribution in [3.05, 3.63) is 77.4 Å². The van der Waals surface area contributed by atoms with E-state index in [0.29, 0.717) is 35.8 Å². The van der Waals surface area contributed by atoms with E-state index in [1.54, 1.807) is 31.2 Å². The molecule has 5 heteroatoms. The standard InChI is InChI=1S/C25H28N2O3/c1-18(25(30)26-23-10-8-22(9-11-23)19(2)28)16-24(29)27-14-12-21(13-15-27)17-20-6-4-3-5-7-20/h3-11,16,21H,12-15,17H2,1-2H3,(H,26,30)/b18-16-. The molecule has 30 heavy (non-hydrogen) atoms. The molecule has 1 aliphatic rings. The normalized spacial score (nSPS) is 15.0. The molecule has 3 rings (SSSR count). The summed E-state index contributed by atoms with van der Waals surface area (Å²) in [6, 6.07) is 17.1. The van der Waals surface area contributed by atoms with Crippen LogP contribution in [-0.4, -0.2) is 35.6 Å². The summed E-state index contributed by atoms with van der Waals surface area (Å²) in [4.78, 5) is 38.1. The zero-order chi connectivity index (χ0) is 21.5. The van der Waals surface area contributed by atoms with Gasteiger partial charge in [0.05, 0.1) is 0 Å². The Morgan fingerprint density at radius 2 is 1.60 bits per heavy atom. The number of anilines is 1. The number of piperidine rings is 1. The van der Waals surface area contributed by atoms with E-state index in [-0.39, 0.29) is 17.6 Å². The number of rotatable bonds is 6. The fourth-order valence-corrected chi connectivity index (χ4v) is 3.66. The van der Waals surface area contributed by atoms with Gasteiger partial charge in [-0.15, -0.1) is 0 Å². The molecule has 0 unspecified atom stereocenters. The van der Waals surface area contributed by atoms with Crippen molar-refractivity contribution in [2.75, 3.05) is 18.4 Å². The lowest BCUT2D eigenvalue weighted by Gasteiger charge is -2.31. The van der Waals surface area contributed by atoms with E-state index in [9.17, 15) is 14.4 Å². The summed E-state index contributed by atoms with van der Waals surface area (Å²) in [5, 5.41) is 2.76. The van der Waals surface area contributed by atoms with E-state index in [1.165, 1.54) is 18.6 Å². The maximum atomic E-state index is 12.6. The summed E-state index contributed by atoms with van der Waals surface area (Å²) in [5.41, 5.74) is 2.88. The molecule has 5 nitrogen and oxygen atoms in total. The van der Waals surface area contributed by atoms with Crippen molar-refractivity contribution >= 4 is 23.3 Å². The first-order chi connectivity index (χ1) is 14.4. The summed E-state index contributed by atoms with van der Waals surface area (Å²) in [6.07, 6.45) is 4.41. The molecule has 2 aromatic carbocycles. The van der Waals surface area contributed by atoms with Gasteiger partial charge in [-0.05, 0) is 68.9 Å². The highest BCUT2D eigenvalue weighted by Gasteiger charge is 2.22. The Balaban J connectivity index is 1.50. The molecule has 1 heterocycles. The van der Waals surface area contributed by atoms with Crippen LogP contribution in [0.15, 0.2) is 66.2 Å². The molecule has 0 bridgehead atoms. The number of Topliss-reactive ketones (excluding diaryl/α,β-unsaturated/α-hetero) is 1. The van der Waals surface area contributed by atoms with Gasteiger partial charge in [0.15, 0.2) is 5.78 Å². The molecule has 156 valence electrons. The molecular formula is C25H28N2O3. The summed E-state index contributed by atoms with van der Waals surface area (Å²) in [7, 11) is 0. The minimum atomic E-state index is -0.321. The van der Waals surface area contributed by atoms with E-state index in [4.69, 9.17) is 0 Å². The van der Waals surface area contributed by atoms with Gasteiger partial charge in [0, 0.05) is 36.0 Å². The Morgan fingerprint density at radius 1 is 0.967 bits per heavy atom. The van der Waals surface area contributed by atoms with Crippen molar-refractivity contribution in [2.45, 2.75) is 33.1 Å². The smallest absolute Gasteiger partial charge is 0.251 e. The summed E-state index contributed by atoms with van der Waals surface area (Å²) >= 11 is 0. The largest absolute Gasteiger partial charge is 0.339 e. The third-order valence-corrected chi connectivity index (χ3v) is 5.54. The van der Waals surface area contributed by atoms with Crippen LogP contribution >= 0.6 is 0 Å². The third kappa shape index (κ3) is 5.89. The number of ketones is 1. The molecule has 1 aliphatic heterocycles. The first-order valence-electron chi connectivity index (χ1n) is 10.4. The van der Waals surface area contributed by atoms with Crippen LogP contribution in [0.2, 0.25) is 0 Å². The van der Waals surface area contributed by atoms with Crippen LogP contribution in [0.3, 0.4) is 0 Å². The van der Waals surface area contributed by atoms with Crippen molar-refractivity contribution in [1.29, 1.82) is 0 Å². The van der Waals surface area contributed by atoms with Crippen molar-refractivity contribution in [1.82, 2.24) is 4.90 Å². The predicted molar refractivity (Wildman–Crippen MR) is 118 cm³/mol. The van der Waals surface area contributed by atoms with Crippen LogP contribution in [0, 0.1) is 5.92 Å². The molecular weight excluding hydrogens is 376 g/mol. The number of nitrogens with zero attached hydrogens (tertiary/aromatic N) is 1. The fourth-order valence-electron chi connectivity index (χ4n) is 3.66. The van der Waals surface area contributed by atoms with Crippen molar-refractivity contribution in [2.24, 2.45) is 5.92 Å². The quantitative estimate of drug-likeness (QED) is 0.578. The van der Waals surface area contributed by atoms with Gasteiger partial charge in [0.25, 0.3) is 5.91 Å². The second kappa shape index (κ2) is 10.0. The van der Waals surface area contributed by atoms with Gasteiger partial charge in [-0.1, -0.05) is 30.3 Å². The minimum absolute atomic E-state index is 0.0258. The summed E-state index contributed by atoms with van der Waals surface area (Å²) in [6.45, 7) is 4.57. The molecule has 1 N–H and O–H groups in total. The van der Waals surface area contributed by atoms with Crippen LogP contribution < -0.4 is 5.32 Å². The highest BCUT2D eigenvalue weighted by Crippen LogP contribution is 2.22. The number of likely N-dealkylation sites (tertiary alicyclic amines) is 1. The molecule has 0 aliphatic carbocycles. The average molecular weight is 405 g/mol. The minimum Gasteiger partial charge on any atom is -0.339 e. The van der Waals surface area contributed by atoms with Crippen LogP contribution in [-0.2, 0) is 16.0 Å². The van der Waals surface area contributed by atoms with Gasteiger partial charge < -0.3 is 10.2 Å². The van der Waals surface area contributed by atoms with Crippen LogP contribution in [0.4, 0.5) is 5.69 Å². The van der Waals surface area contributed by atoms with E-state index in [2.05, 4.69) is 29.6 Å². The van der Waals surface area contributed by atoms with Gasteiger partial charge >= 0.3 is 0 Å². The molecule has 1 saturated heterocycles. The Morgan fingerprint density at radius 3 is 2.20 bits per heavy atom. The van der Waals surface area contributed by atoms with E-state index < -0.39 is 0 Å². The summed E-state index contributed by atoms with van der Waals surface area (Å²) in [5.74, 6) is 0.121. The van der Waals surface area contributed by atoms with Crippen LogP contribution in [0.1, 0.15) is 42.6 Å². The lowest BCUT2D eigenvalue weighted by atomic mass is 9.90. The van der Waals surface area contributed by atoms with E-state index >= 15 is 0 Å². The Labute approximate surface area is 177 Å². The molecule has 0 spiro atoms. The maximum Gasteiger partial charge on any atom is 0.251 e. The topological polar surface area (TPSA) is 66.5 Å². The molecule has 0 aromatic heterocycles. The van der Waals surface area contributed by atoms with E-state index in [0.717, 1.165) is 19.3 Å². The van der Waals surface area contributed by atoms with E-state index in [1.807, 2.05) is 11.0 Å². The molecule has 0 atom stereocenters. The third-order valence-electron chi connectivity index (χ3n) is 5.54. The van der Waals surface area contributed by atoms with Crippen LogP contribution in [0.25, 0.3) is 0 Å². The lowest BCUT2D eigenvalue weighted by molar-refractivity contribution is -0.127. The highest BCUT2D eigenvalue weighted by atomic mass is 16.2. The highest BCUT2D eigenvalue weighted by molar-refractivity contribution is 6.07. The lowest BCUT2D eigenvalue weighted by Crippen LogP contribution is -2.38. The second-order valence-electron chi connectivity index (χ2n) is 7.87. The molecule has 0 radical (unpaired) electrons. The Bertz CT molecular complexity index is 925. The number of benzene rings is 2. The van der Waals surface area contributed by atoms with Crippen LogP contribution in [0.5, 0.6) is 0 Å². The number of amides is 2. The number of hydrogen-bond acceptors (Lipinski definition) is 3. The van der Waals surface area contributed by atoms with Gasteiger partial charge in [-0.2, -0.15) is 0 Å². The maximum absolute atomic E-state index is 12.6. The second-order valence-corrected chi connectivity index (χ2v) is 7.87. The van der Waals surface area contributed by atoms with Gasteiger partial charge in [-0.25, -0.2) is 0 Å².